The van der Waals surface area contributed by atoms with Gasteiger partial charge in [0.15, 0.2) is 0 Å². The van der Waals surface area contributed by atoms with Gasteiger partial charge in [0.05, 0.1) is 12.3 Å². The Labute approximate surface area is 109 Å². The highest BCUT2D eigenvalue weighted by Crippen LogP contribution is 2.24. The van der Waals surface area contributed by atoms with Crippen molar-refractivity contribution in [1.82, 2.24) is 5.32 Å². The lowest BCUT2D eigenvalue weighted by Crippen LogP contribution is -2.30. The average molecular weight is 254 g/mol. The Bertz CT molecular complexity index is 358. The quantitative estimate of drug-likeness (QED) is 0.746. The summed E-state index contributed by atoms with van der Waals surface area (Å²) in [6.45, 7) is 4.01. The maximum absolute atomic E-state index is 14.0. The normalized spacial score (nSPS) is 10.7. The van der Waals surface area contributed by atoms with Crippen LogP contribution < -0.4 is 10.2 Å². The summed E-state index contributed by atoms with van der Waals surface area (Å²) in [4.78, 5) is 1.94. The van der Waals surface area contributed by atoms with E-state index in [-0.39, 0.29) is 12.4 Å². The predicted octanol–water partition coefficient (Wildman–Crippen LogP) is 2.14. The molecule has 102 valence electrons. The van der Waals surface area contributed by atoms with Crippen molar-refractivity contribution < 1.29 is 9.50 Å². The molecule has 0 atom stereocenters. The largest absolute Gasteiger partial charge is 0.395 e. The van der Waals surface area contributed by atoms with Gasteiger partial charge in [-0.15, -0.1) is 0 Å². The van der Waals surface area contributed by atoms with E-state index >= 15 is 0 Å². The number of halogens is 1. The first-order valence-electron chi connectivity index (χ1n) is 6.52. The number of hydrogen-bond acceptors (Lipinski definition) is 3. The highest BCUT2D eigenvalue weighted by atomic mass is 19.1. The van der Waals surface area contributed by atoms with E-state index in [1.807, 2.05) is 18.0 Å². The molecule has 1 aromatic rings. The lowest BCUT2D eigenvalue weighted by Gasteiger charge is -2.26. The van der Waals surface area contributed by atoms with Crippen LogP contribution in [0.25, 0.3) is 0 Å². The summed E-state index contributed by atoms with van der Waals surface area (Å²) in [5.74, 6) is -0.215. The molecule has 0 saturated heterocycles. The van der Waals surface area contributed by atoms with E-state index in [0.717, 1.165) is 24.9 Å². The number of para-hydroxylation sites is 1. The number of unbranched alkanes of at least 4 members (excludes halogenated alkanes) is 1. The Morgan fingerprint density at radius 1 is 1.33 bits per heavy atom. The maximum Gasteiger partial charge on any atom is 0.146 e. The zero-order valence-corrected chi connectivity index (χ0v) is 11.2. The molecule has 0 unspecified atom stereocenters. The summed E-state index contributed by atoms with van der Waals surface area (Å²) in [6, 6.07) is 5.12. The molecule has 3 nitrogen and oxygen atoms in total. The third-order valence-corrected chi connectivity index (χ3v) is 2.91. The molecule has 0 aliphatic heterocycles. The molecular weight excluding hydrogens is 231 g/mol. The molecule has 0 spiro atoms. The summed E-state index contributed by atoms with van der Waals surface area (Å²) in [6.07, 6.45) is 2.05. The first kappa shape index (κ1) is 14.9. The van der Waals surface area contributed by atoms with Crippen LogP contribution in [0, 0.1) is 5.82 Å². The van der Waals surface area contributed by atoms with Gasteiger partial charge in [-0.2, -0.15) is 0 Å². The van der Waals surface area contributed by atoms with E-state index in [4.69, 9.17) is 5.11 Å². The minimum Gasteiger partial charge on any atom is -0.395 e. The van der Waals surface area contributed by atoms with Gasteiger partial charge >= 0.3 is 0 Å². The second-order valence-corrected chi connectivity index (χ2v) is 4.34. The highest BCUT2D eigenvalue weighted by molar-refractivity contribution is 5.55. The number of rotatable bonds is 8. The summed E-state index contributed by atoms with van der Waals surface area (Å²) in [5.41, 5.74) is 1.55. The summed E-state index contributed by atoms with van der Waals surface area (Å²) >= 11 is 0. The van der Waals surface area contributed by atoms with Gasteiger partial charge in [0.1, 0.15) is 5.82 Å². The minimum atomic E-state index is -0.215. The van der Waals surface area contributed by atoms with Gasteiger partial charge in [-0.3, -0.25) is 0 Å². The molecule has 0 aliphatic carbocycles. The first-order chi connectivity index (χ1) is 8.74. The molecule has 2 N–H and O–H groups in total. The highest BCUT2D eigenvalue weighted by Gasteiger charge is 2.14. The number of anilines is 1. The van der Waals surface area contributed by atoms with Crippen molar-refractivity contribution in [2.45, 2.75) is 26.3 Å². The van der Waals surface area contributed by atoms with Gasteiger partial charge in [0.25, 0.3) is 0 Å². The van der Waals surface area contributed by atoms with Crippen LogP contribution in [-0.2, 0) is 6.54 Å². The molecule has 0 radical (unpaired) electrons. The number of nitrogens with one attached hydrogen (secondary N) is 1. The van der Waals surface area contributed by atoms with Gasteiger partial charge in [0, 0.05) is 19.6 Å². The van der Waals surface area contributed by atoms with Crippen LogP contribution in [0.3, 0.4) is 0 Å². The summed E-state index contributed by atoms with van der Waals surface area (Å²) in [7, 11) is 1.84. The van der Waals surface area contributed by atoms with E-state index in [1.165, 1.54) is 6.07 Å². The van der Waals surface area contributed by atoms with E-state index < -0.39 is 0 Å². The Hall–Kier alpha value is -1.13. The molecule has 0 aliphatic rings. The van der Waals surface area contributed by atoms with Crippen molar-refractivity contribution in [3.05, 3.63) is 29.6 Å². The van der Waals surface area contributed by atoms with Crippen LogP contribution >= 0.6 is 0 Å². The molecule has 0 aromatic heterocycles. The van der Waals surface area contributed by atoms with Gasteiger partial charge in [-0.25, -0.2) is 4.39 Å². The van der Waals surface area contributed by atoms with Crippen molar-refractivity contribution >= 4 is 5.69 Å². The van der Waals surface area contributed by atoms with Crippen LogP contribution in [0.2, 0.25) is 0 Å². The zero-order valence-electron chi connectivity index (χ0n) is 11.2. The van der Waals surface area contributed by atoms with Crippen molar-refractivity contribution in [1.29, 1.82) is 0 Å². The van der Waals surface area contributed by atoms with E-state index in [2.05, 4.69) is 12.2 Å². The van der Waals surface area contributed by atoms with E-state index in [9.17, 15) is 4.39 Å². The standard InChI is InChI=1S/C14H23FN2O/c1-3-4-8-17(9-10-18)14-12(11-16-2)6-5-7-13(14)15/h5-7,16,18H,3-4,8-11H2,1-2H3. The molecule has 1 rings (SSSR count). The van der Waals surface area contributed by atoms with Crippen LogP contribution in [-0.4, -0.2) is 31.9 Å². The Morgan fingerprint density at radius 2 is 2.11 bits per heavy atom. The molecule has 0 amide bonds. The van der Waals surface area contributed by atoms with Crippen LogP contribution in [0.4, 0.5) is 10.1 Å². The number of benzene rings is 1. The summed E-state index contributed by atoms with van der Waals surface area (Å²) < 4.78 is 14.0. The van der Waals surface area contributed by atoms with E-state index in [1.54, 1.807) is 6.07 Å². The average Bonchev–Trinajstić information content (AvgIpc) is 2.36. The molecule has 1 aromatic carbocycles. The molecule has 0 fully saturated rings. The fourth-order valence-electron chi connectivity index (χ4n) is 2.05. The minimum absolute atomic E-state index is 0.0387. The molecular formula is C14H23FN2O. The van der Waals surface area contributed by atoms with Crippen molar-refractivity contribution in [3.8, 4) is 0 Å². The number of aliphatic hydroxyl groups is 1. The SMILES string of the molecule is CCCCN(CCO)c1c(F)cccc1CNC. The Morgan fingerprint density at radius 3 is 2.72 bits per heavy atom. The molecule has 0 heterocycles. The van der Waals surface area contributed by atoms with Crippen LogP contribution in [0.15, 0.2) is 18.2 Å². The van der Waals surface area contributed by atoms with Gasteiger partial charge in [-0.1, -0.05) is 25.5 Å². The topological polar surface area (TPSA) is 35.5 Å². The second-order valence-electron chi connectivity index (χ2n) is 4.34. The summed E-state index contributed by atoms with van der Waals surface area (Å²) in [5, 5.41) is 12.2. The molecule has 0 saturated carbocycles. The molecule has 0 bridgehead atoms. The first-order valence-corrected chi connectivity index (χ1v) is 6.52. The smallest absolute Gasteiger partial charge is 0.146 e. The fraction of sp³-hybridized carbons (Fsp3) is 0.571. The lowest BCUT2D eigenvalue weighted by molar-refractivity contribution is 0.301. The van der Waals surface area contributed by atoms with E-state index in [0.29, 0.717) is 18.8 Å². The molecule has 4 heteroatoms. The third kappa shape index (κ3) is 3.96. The van der Waals surface area contributed by atoms with Gasteiger partial charge < -0.3 is 15.3 Å². The van der Waals surface area contributed by atoms with Crippen molar-refractivity contribution in [2.24, 2.45) is 0 Å². The zero-order chi connectivity index (χ0) is 13.4. The van der Waals surface area contributed by atoms with Gasteiger partial charge in [-0.05, 0) is 25.1 Å². The number of nitrogens with zero attached hydrogens (tertiary/aromatic N) is 1. The number of hydrogen-bond donors (Lipinski definition) is 2. The fourth-order valence-corrected chi connectivity index (χ4v) is 2.05. The predicted molar refractivity (Wildman–Crippen MR) is 73.4 cm³/mol. The van der Waals surface area contributed by atoms with Gasteiger partial charge in [0.2, 0.25) is 0 Å². The monoisotopic (exact) mass is 254 g/mol. The lowest BCUT2D eigenvalue weighted by atomic mass is 10.1. The van der Waals surface area contributed by atoms with Crippen molar-refractivity contribution in [2.75, 3.05) is 31.6 Å². The Kier molecular flexibility index (Phi) is 6.68. The number of aliphatic hydroxyl groups excluding tert-OH is 1. The second kappa shape index (κ2) is 8.06. The van der Waals surface area contributed by atoms with Crippen LogP contribution in [0.1, 0.15) is 25.3 Å². The van der Waals surface area contributed by atoms with Crippen LogP contribution in [0.5, 0.6) is 0 Å². The van der Waals surface area contributed by atoms with Crippen molar-refractivity contribution in [3.63, 3.8) is 0 Å². The maximum atomic E-state index is 14.0. The molecule has 18 heavy (non-hydrogen) atoms. The Balaban J connectivity index is 2.99. The third-order valence-electron chi connectivity index (χ3n) is 2.91.